The molecule has 0 amide bonds. The van der Waals surface area contributed by atoms with Crippen LogP contribution in [0.25, 0.3) is 0 Å². The number of nitrogens with two attached hydrogens (primary N) is 1. The van der Waals surface area contributed by atoms with E-state index in [2.05, 4.69) is 4.98 Å². The number of aldehydes is 1. The lowest BCUT2D eigenvalue weighted by Crippen LogP contribution is -2.07. The second-order valence-corrected chi connectivity index (χ2v) is 2.71. The van der Waals surface area contributed by atoms with E-state index >= 15 is 0 Å². The number of aromatic nitrogens is 1. The maximum absolute atomic E-state index is 12.4. The van der Waals surface area contributed by atoms with Crippen LogP contribution < -0.4 is 5.73 Å². The highest BCUT2D eigenvalue weighted by Gasteiger charge is 2.17. The molecule has 1 aromatic heterocycles. The predicted molar refractivity (Wildman–Crippen MR) is 47.2 cm³/mol. The van der Waals surface area contributed by atoms with Crippen LogP contribution >= 0.6 is 0 Å². The van der Waals surface area contributed by atoms with Gasteiger partial charge in [-0.05, 0) is 6.07 Å². The summed E-state index contributed by atoms with van der Waals surface area (Å²) in [5.74, 6) is 0. The third-order valence-corrected chi connectivity index (χ3v) is 1.82. The monoisotopic (exact) mass is 211 g/mol. The highest BCUT2D eigenvalue weighted by atomic mass is 19.3. The molecule has 1 rings (SSSR count). The number of halogens is 2. The van der Waals surface area contributed by atoms with Crippen LogP contribution in [-0.2, 0) is 6.54 Å². The number of hydrogen-bond acceptors (Lipinski definition) is 4. The Morgan fingerprint density at radius 2 is 2.33 bits per heavy atom. The van der Waals surface area contributed by atoms with Crippen LogP contribution in [0.5, 0.6) is 0 Å². The van der Waals surface area contributed by atoms with Crippen molar-refractivity contribution in [1.82, 2.24) is 4.98 Å². The number of pyridine rings is 1. The van der Waals surface area contributed by atoms with E-state index in [1.165, 1.54) is 6.07 Å². The van der Waals surface area contributed by atoms with E-state index in [4.69, 9.17) is 11.0 Å². The number of alkyl halides is 2. The fraction of sp³-hybridized carbons (Fsp3) is 0.222. The molecule has 1 heterocycles. The van der Waals surface area contributed by atoms with Crippen LogP contribution in [0.15, 0.2) is 6.07 Å². The van der Waals surface area contributed by atoms with Gasteiger partial charge in [0.1, 0.15) is 17.5 Å². The molecule has 1 aromatic rings. The normalized spacial score (nSPS) is 10.1. The van der Waals surface area contributed by atoms with Crippen LogP contribution in [0, 0.1) is 11.3 Å². The first-order chi connectivity index (χ1) is 7.13. The first-order valence-corrected chi connectivity index (χ1v) is 4.01. The van der Waals surface area contributed by atoms with Crippen molar-refractivity contribution < 1.29 is 13.6 Å². The molecule has 0 saturated carbocycles. The van der Waals surface area contributed by atoms with E-state index < -0.39 is 12.1 Å². The van der Waals surface area contributed by atoms with Gasteiger partial charge in [-0.1, -0.05) is 0 Å². The zero-order valence-corrected chi connectivity index (χ0v) is 7.58. The zero-order valence-electron chi connectivity index (χ0n) is 7.58. The zero-order chi connectivity index (χ0) is 11.4. The van der Waals surface area contributed by atoms with Crippen LogP contribution in [0.1, 0.15) is 33.7 Å². The maximum Gasteiger partial charge on any atom is 0.281 e. The van der Waals surface area contributed by atoms with Crippen molar-refractivity contribution >= 4 is 6.29 Å². The molecule has 0 aliphatic rings. The molecular weight excluding hydrogens is 204 g/mol. The second-order valence-electron chi connectivity index (χ2n) is 2.71. The molecule has 0 aliphatic carbocycles. The minimum absolute atomic E-state index is 0.0275. The number of carbonyl (C=O) groups is 1. The predicted octanol–water partition coefficient (Wildman–Crippen LogP) is 1.16. The number of nitrogens with zero attached hydrogens (tertiary/aromatic N) is 2. The van der Waals surface area contributed by atoms with Crippen molar-refractivity contribution in [3.8, 4) is 6.07 Å². The summed E-state index contributed by atoms with van der Waals surface area (Å²) in [5.41, 5.74) is 4.48. The van der Waals surface area contributed by atoms with Crippen LogP contribution in [-0.4, -0.2) is 11.3 Å². The molecule has 0 aromatic carbocycles. The average Bonchev–Trinajstić information content (AvgIpc) is 2.26. The van der Waals surface area contributed by atoms with E-state index in [1.54, 1.807) is 6.07 Å². The molecule has 0 fully saturated rings. The Labute approximate surface area is 84.3 Å². The smallest absolute Gasteiger partial charge is 0.281 e. The van der Waals surface area contributed by atoms with Gasteiger partial charge < -0.3 is 5.73 Å². The molecule has 0 spiro atoms. The number of carbonyl (C=O) groups excluding carboxylic acids is 1. The van der Waals surface area contributed by atoms with Gasteiger partial charge in [0, 0.05) is 17.7 Å². The summed E-state index contributed by atoms with van der Waals surface area (Å²) in [6, 6.07) is 2.82. The standard InChI is InChI=1S/C9H7F2N3O/c10-9(11)8-6(4-15)1-5(2-12)7(3-13)14-8/h1,4,9H,2,12H2. The molecule has 0 radical (unpaired) electrons. The number of nitriles is 1. The molecule has 6 heteroatoms. The summed E-state index contributed by atoms with van der Waals surface area (Å²) in [6.07, 6.45) is -2.61. The molecular formula is C9H7F2N3O. The second kappa shape index (κ2) is 4.57. The van der Waals surface area contributed by atoms with E-state index in [0.29, 0.717) is 0 Å². The fourth-order valence-electron chi connectivity index (χ4n) is 1.11. The average molecular weight is 211 g/mol. The Kier molecular flexibility index (Phi) is 3.42. The molecule has 2 N–H and O–H groups in total. The minimum atomic E-state index is -2.89. The van der Waals surface area contributed by atoms with Gasteiger partial charge in [-0.15, -0.1) is 0 Å². The van der Waals surface area contributed by atoms with Gasteiger partial charge in [-0.3, -0.25) is 4.79 Å². The summed E-state index contributed by atoms with van der Waals surface area (Å²) in [7, 11) is 0. The van der Waals surface area contributed by atoms with Crippen LogP contribution in [0.3, 0.4) is 0 Å². The van der Waals surface area contributed by atoms with Crippen molar-refractivity contribution in [2.45, 2.75) is 13.0 Å². The lowest BCUT2D eigenvalue weighted by Gasteiger charge is -2.06. The van der Waals surface area contributed by atoms with Gasteiger partial charge in [-0.25, -0.2) is 13.8 Å². The molecule has 15 heavy (non-hydrogen) atoms. The van der Waals surface area contributed by atoms with E-state index in [-0.39, 0.29) is 29.7 Å². The highest BCUT2D eigenvalue weighted by Crippen LogP contribution is 2.21. The van der Waals surface area contributed by atoms with Crippen molar-refractivity contribution in [2.75, 3.05) is 0 Å². The quantitative estimate of drug-likeness (QED) is 0.761. The molecule has 0 unspecified atom stereocenters. The van der Waals surface area contributed by atoms with Crippen LogP contribution in [0.2, 0.25) is 0 Å². The number of hydrogen-bond donors (Lipinski definition) is 1. The Morgan fingerprint density at radius 3 is 2.73 bits per heavy atom. The van der Waals surface area contributed by atoms with E-state index in [0.717, 1.165) is 0 Å². The molecule has 4 nitrogen and oxygen atoms in total. The molecule has 0 bridgehead atoms. The van der Waals surface area contributed by atoms with Crippen molar-refractivity contribution in [3.63, 3.8) is 0 Å². The first kappa shape index (κ1) is 11.2. The fourth-order valence-corrected chi connectivity index (χ4v) is 1.11. The molecule has 0 aliphatic heterocycles. The van der Waals surface area contributed by atoms with Crippen molar-refractivity contribution in [3.05, 3.63) is 28.6 Å². The van der Waals surface area contributed by atoms with Gasteiger partial charge in [-0.2, -0.15) is 5.26 Å². The van der Waals surface area contributed by atoms with Gasteiger partial charge >= 0.3 is 0 Å². The Bertz CT molecular complexity index is 426. The summed E-state index contributed by atoms with van der Waals surface area (Å²) in [4.78, 5) is 13.9. The van der Waals surface area contributed by atoms with Gasteiger partial charge in [0.05, 0.1) is 0 Å². The van der Waals surface area contributed by atoms with Gasteiger partial charge in [0.25, 0.3) is 6.43 Å². The van der Waals surface area contributed by atoms with Crippen molar-refractivity contribution in [1.29, 1.82) is 5.26 Å². The Hall–Kier alpha value is -1.87. The summed E-state index contributed by atoms with van der Waals surface area (Å²) in [6.45, 7) is -0.0275. The third-order valence-electron chi connectivity index (χ3n) is 1.82. The van der Waals surface area contributed by atoms with Gasteiger partial charge in [0.15, 0.2) is 6.29 Å². The molecule has 78 valence electrons. The largest absolute Gasteiger partial charge is 0.326 e. The number of rotatable bonds is 3. The molecule has 0 saturated heterocycles. The Morgan fingerprint density at radius 1 is 1.67 bits per heavy atom. The highest BCUT2D eigenvalue weighted by molar-refractivity contribution is 5.77. The topological polar surface area (TPSA) is 79.8 Å². The third kappa shape index (κ3) is 2.14. The lowest BCUT2D eigenvalue weighted by molar-refractivity contribution is 0.110. The lowest BCUT2D eigenvalue weighted by atomic mass is 10.1. The Balaban J connectivity index is 3.42. The first-order valence-electron chi connectivity index (χ1n) is 4.01. The van der Waals surface area contributed by atoms with Crippen molar-refractivity contribution in [2.24, 2.45) is 5.73 Å². The minimum Gasteiger partial charge on any atom is -0.326 e. The summed E-state index contributed by atoms with van der Waals surface area (Å²) >= 11 is 0. The summed E-state index contributed by atoms with van der Waals surface area (Å²) in [5, 5.41) is 8.62. The maximum atomic E-state index is 12.4. The van der Waals surface area contributed by atoms with E-state index in [9.17, 15) is 13.6 Å². The molecule has 0 atom stereocenters. The summed E-state index contributed by atoms with van der Waals surface area (Å²) < 4.78 is 24.8. The van der Waals surface area contributed by atoms with Crippen LogP contribution in [0.4, 0.5) is 8.78 Å². The van der Waals surface area contributed by atoms with E-state index in [1.807, 2.05) is 0 Å². The van der Waals surface area contributed by atoms with Gasteiger partial charge in [0.2, 0.25) is 0 Å². The SMILES string of the molecule is N#Cc1nc(C(F)F)c(C=O)cc1CN.